The molecule has 1 aromatic rings. The molecule has 2 saturated carbocycles. The third-order valence-electron chi connectivity index (χ3n) is 4.24. The number of hydrogen-bond donors (Lipinski definition) is 1. The smallest absolute Gasteiger partial charge is 0.0478 e. The maximum absolute atomic E-state index is 3.75. The summed E-state index contributed by atoms with van der Waals surface area (Å²) in [7, 11) is 0. The fraction of sp³-hybridized carbons (Fsp3) is 0.600. The van der Waals surface area contributed by atoms with Gasteiger partial charge in [0.05, 0.1) is 0 Å². The van der Waals surface area contributed by atoms with Gasteiger partial charge in [0, 0.05) is 15.3 Å². The molecule has 2 fully saturated rings. The molecule has 2 aliphatic carbocycles. The van der Waals surface area contributed by atoms with Gasteiger partial charge in [0.25, 0.3) is 0 Å². The van der Waals surface area contributed by atoms with Crippen molar-refractivity contribution in [2.45, 2.75) is 44.6 Å². The van der Waals surface area contributed by atoms with Crippen LogP contribution >= 0.6 is 22.6 Å². The van der Waals surface area contributed by atoms with Gasteiger partial charge >= 0.3 is 0 Å². The van der Waals surface area contributed by atoms with E-state index in [9.17, 15) is 0 Å². The van der Waals surface area contributed by atoms with E-state index in [1.807, 2.05) is 0 Å². The molecule has 0 aliphatic heterocycles. The predicted molar refractivity (Wildman–Crippen MR) is 81.3 cm³/mol. The zero-order valence-corrected chi connectivity index (χ0v) is 12.3. The molecule has 1 nitrogen and oxygen atoms in total. The minimum absolute atomic E-state index is 0.713. The van der Waals surface area contributed by atoms with Crippen LogP contribution in [-0.2, 0) is 0 Å². The van der Waals surface area contributed by atoms with E-state index < -0.39 is 0 Å². The van der Waals surface area contributed by atoms with E-state index >= 15 is 0 Å². The van der Waals surface area contributed by atoms with Crippen molar-refractivity contribution in [3.63, 3.8) is 0 Å². The Morgan fingerprint density at radius 3 is 2.59 bits per heavy atom. The molecule has 0 heterocycles. The van der Waals surface area contributed by atoms with E-state index in [4.69, 9.17) is 0 Å². The van der Waals surface area contributed by atoms with Crippen molar-refractivity contribution in [2.24, 2.45) is 11.8 Å². The van der Waals surface area contributed by atoms with E-state index in [0.29, 0.717) is 6.04 Å². The highest BCUT2D eigenvalue weighted by molar-refractivity contribution is 14.1. The Hall–Kier alpha value is -0.250. The van der Waals surface area contributed by atoms with Gasteiger partial charge < -0.3 is 5.32 Å². The molecule has 0 spiro atoms. The Balaban J connectivity index is 1.62. The van der Waals surface area contributed by atoms with Gasteiger partial charge in [-0.1, -0.05) is 25.0 Å². The van der Waals surface area contributed by atoms with Crippen LogP contribution < -0.4 is 5.32 Å². The highest BCUT2D eigenvalue weighted by Gasteiger charge is 2.34. The lowest BCUT2D eigenvalue weighted by Crippen LogP contribution is -2.28. The highest BCUT2D eigenvalue weighted by Crippen LogP contribution is 2.44. The van der Waals surface area contributed by atoms with Crippen molar-refractivity contribution in [3.8, 4) is 0 Å². The topological polar surface area (TPSA) is 12.0 Å². The molecule has 0 aromatic heterocycles. The molecule has 1 N–H and O–H groups in total. The second kappa shape index (κ2) is 5.17. The Labute approximate surface area is 118 Å². The van der Waals surface area contributed by atoms with E-state index in [-0.39, 0.29) is 0 Å². The van der Waals surface area contributed by atoms with E-state index in [0.717, 1.165) is 11.8 Å². The number of para-hydroxylation sites is 1. The van der Waals surface area contributed by atoms with Gasteiger partial charge in [0.2, 0.25) is 0 Å². The highest BCUT2D eigenvalue weighted by atomic mass is 127. The van der Waals surface area contributed by atoms with Crippen molar-refractivity contribution in [2.75, 3.05) is 5.32 Å². The third-order valence-corrected chi connectivity index (χ3v) is 5.18. The summed E-state index contributed by atoms with van der Waals surface area (Å²) in [6.45, 7) is 0. The maximum atomic E-state index is 3.75. The van der Waals surface area contributed by atoms with Gasteiger partial charge in [-0.3, -0.25) is 0 Å². The molecule has 0 saturated heterocycles. The number of benzene rings is 1. The maximum Gasteiger partial charge on any atom is 0.0478 e. The van der Waals surface area contributed by atoms with Crippen LogP contribution in [0.3, 0.4) is 0 Å². The van der Waals surface area contributed by atoms with Crippen molar-refractivity contribution in [3.05, 3.63) is 27.8 Å². The van der Waals surface area contributed by atoms with Gasteiger partial charge in [-0.25, -0.2) is 0 Å². The van der Waals surface area contributed by atoms with Crippen LogP contribution in [0.1, 0.15) is 38.5 Å². The molecule has 3 rings (SSSR count). The van der Waals surface area contributed by atoms with Gasteiger partial charge in [0.15, 0.2) is 0 Å². The van der Waals surface area contributed by atoms with Crippen LogP contribution in [0.15, 0.2) is 24.3 Å². The minimum Gasteiger partial charge on any atom is -0.381 e. The summed E-state index contributed by atoms with van der Waals surface area (Å²) in [4.78, 5) is 0. The first kappa shape index (κ1) is 11.8. The first-order valence-electron chi connectivity index (χ1n) is 6.84. The second-order valence-electron chi connectivity index (χ2n) is 5.59. The number of anilines is 1. The summed E-state index contributed by atoms with van der Waals surface area (Å²) in [5, 5.41) is 3.75. The van der Waals surface area contributed by atoms with Crippen LogP contribution in [0.25, 0.3) is 0 Å². The van der Waals surface area contributed by atoms with E-state index in [1.165, 1.54) is 47.8 Å². The van der Waals surface area contributed by atoms with Gasteiger partial charge in [-0.2, -0.15) is 0 Å². The van der Waals surface area contributed by atoms with Crippen molar-refractivity contribution < 1.29 is 0 Å². The average Bonchev–Trinajstić information content (AvgIpc) is 3.17. The summed E-state index contributed by atoms with van der Waals surface area (Å²) in [5.41, 5.74) is 1.33. The van der Waals surface area contributed by atoms with Gasteiger partial charge in [-0.15, -0.1) is 0 Å². The molecular formula is C15H20IN. The number of nitrogens with one attached hydrogen (secondary N) is 1. The molecule has 2 aliphatic rings. The molecule has 2 atom stereocenters. The molecule has 17 heavy (non-hydrogen) atoms. The van der Waals surface area contributed by atoms with E-state index in [1.54, 1.807) is 0 Å². The first-order valence-corrected chi connectivity index (χ1v) is 7.92. The van der Waals surface area contributed by atoms with Crippen LogP contribution in [-0.4, -0.2) is 6.04 Å². The zero-order chi connectivity index (χ0) is 11.7. The van der Waals surface area contributed by atoms with Crippen LogP contribution in [0.4, 0.5) is 5.69 Å². The number of halogens is 1. The van der Waals surface area contributed by atoms with Crippen molar-refractivity contribution in [1.82, 2.24) is 0 Å². The lowest BCUT2D eigenvalue weighted by atomic mass is 9.82. The van der Waals surface area contributed by atoms with Gasteiger partial charge in [0.1, 0.15) is 0 Å². The molecular weight excluding hydrogens is 321 g/mol. The van der Waals surface area contributed by atoms with Gasteiger partial charge in [-0.05, 0) is 72.2 Å². The van der Waals surface area contributed by atoms with Crippen LogP contribution in [0, 0.1) is 15.4 Å². The largest absolute Gasteiger partial charge is 0.381 e. The summed E-state index contributed by atoms with van der Waals surface area (Å²) < 4.78 is 1.35. The molecule has 0 radical (unpaired) electrons. The molecule has 2 heteroatoms. The second-order valence-corrected chi connectivity index (χ2v) is 6.75. The molecule has 1 aromatic carbocycles. The molecule has 0 bridgehead atoms. The monoisotopic (exact) mass is 341 g/mol. The zero-order valence-electron chi connectivity index (χ0n) is 10.2. The number of hydrogen-bond acceptors (Lipinski definition) is 1. The fourth-order valence-electron chi connectivity index (χ4n) is 3.15. The molecule has 92 valence electrons. The molecule has 0 amide bonds. The summed E-state index contributed by atoms with van der Waals surface area (Å²) in [6, 6.07) is 9.35. The lowest BCUT2D eigenvalue weighted by molar-refractivity contribution is 0.303. The lowest BCUT2D eigenvalue weighted by Gasteiger charge is -2.30. The SMILES string of the molecule is Ic1ccccc1NC1CCCC(C2CC2)C1. The predicted octanol–water partition coefficient (Wildman–Crippen LogP) is 4.67. The van der Waals surface area contributed by atoms with E-state index in [2.05, 4.69) is 52.2 Å². The number of rotatable bonds is 3. The van der Waals surface area contributed by atoms with Crippen LogP contribution in [0.2, 0.25) is 0 Å². The Kier molecular flexibility index (Phi) is 3.59. The van der Waals surface area contributed by atoms with Crippen molar-refractivity contribution >= 4 is 28.3 Å². The fourth-order valence-corrected chi connectivity index (χ4v) is 3.70. The Morgan fingerprint density at radius 2 is 1.82 bits per heavy atom. The Bertz CT molecular complexity index is 386. The average molecular weight is 341 g/mol. The molecule has 2 unspecified atom stereocenters. The normalized spacial score (nSPS) is 29.0. The Morgan fingerprint density at radius 1 is 1.00 bits per heavy atom. The van der Waals surface area contributed by atoms with Crippen LogP contribution in [0.5, 0.6) is 0 Å². The summed E-state index contributed by atoms with van der Waals surface area (Å²) in [6.07, 6.45) is 8.65. The first-order chi connectivity index (χ1) is 8.33. The van der Waals surface area contributed by atoms with Crippen molar-refractivity contribution in [1.29, 1.82) is 0 Å². The summed E-state index contributed by atoms with van der Waals surface area (Å²) in [5.74, 6) is 2.09. The standard InChI is InChI=1S/C15H20IN/c16-14-6-1-2-7-15(14)17-13-5-3-4-12(10-13)11-8-9-11/h1-2,6-7,11-13,17H,3-5,8-10H2. The quantitative estimate of drug-likeness (QED) is 0.788. The minimum atomic E-state index is 0.713. The third kappa shape index (κ3) is 2.95. The summed E-state index contributed by atoms with van der Waals surface area (Å²) >= 11 is 2.42.